The first kappa shape index (κ1) is 18.9. The maximum absolute atomic E-state index is 14.3. The molecule has 0 aliphatic carbocycles. The quantitative estimate of drug-likeness (QED) is 0.537. The van der Waals surface area contributed by atoms with Crippen molar-refractivity contribution in [2.24, 2.45) is 0 Å². The summed E-state index contributed by atoms with van der Waals surface area (Å²) in [6.07, 6.45) is 4.50. The Morgan fingerprint density at radius 1 is 1.14 bits per heavy atom. The maximum atomic E-state index is 14.3. The van der Waals surface area contributed by atoms with E-state index in [9.17, 15) is 9.50 Å². The van der Waals surface area contributed by atoms with Crippen LogP contribution in [0.3, 0.4) is 0 Å². The van der Waals surface area contributed by atoms with Gasteiger partial charge in [0.15, 0.2) is 5.82 Å². The van der Waals surface area contributed by atoms with Gasteiger partial charge < -0.3 is 10.4 Å². The normalized spacial score (nSPS) is 12.3. The van der Waals surface area contributed by atoms with Gasteiger partial charge in [0.05, 0.1) is 30.2 Å². The molecular formula is C21H21FN6O. The molecule has 0 unspecified atom stereocenters. The van der Waals surface area contributed by atoms with Crippen LogP contribution in [0.2, 0.25) is 0 Å². The lowest BCUT2D eigenvalue weighted by molar-refractivity contribution is 0.170. The number of nitrogens with zero attached hydrogens (tertiary/aromatic N) is 5. The standard InChI is InChI=1S/C21H21FN6O/c1-12-9-24-18(20-15(22)5-4-13(2)26-20)8-17(12)27-16-6-7-23-19-10-25-28(21(16)19)11-14(3)29/h4-10,14,29H,11H2,1-3H3,(H,23,24,27)/t14-/m1/s1. The number of aliphatic hydroxyl groups is 1. The van der Waals surface area contributed by atoms with Crippen molar-refractivity contribution in [1.29, 1.82) is 0 Å². The van der Waals surface area contributed by atoms with Crippen LogP contribution >= 0.6 is 0 Å². The van der Waals surface area contributed by atoms with E-state index in [4.69, 9.17) is 0 Å². The van der Waals surface area contributed by atoms with E-state index in [-0.39, 0.29) is 5.69 Å². The zero-order valence-corrected chi connectivity index (χ0v) is 16.4. The zero-order valence-electron chi connectivity index (χ0n) is 16.4. The first-order valence-corrected chi connectivity index (χ1v) is 9.28. The molecule has 2 N–H and O–H groups in total. The van der Waals surface area contributed by atoms with Gasteiger partial charge >= 0.3 is 0 Å². The first-order chi connectivity index (χ1) is 13.9. The van der Waals surface area contributed by atoms with E-state index in [1.807, 2.05) is 19.9 Å². The maximum Gasteiger partial charge on any atom is 0.151 e. The van der Waals surface area contributed by atoms with Gasteiger partial charge in [-0.1, -0.05) is 0 Å². The summed E-state index contributed by atoms with van der Waals surface area (Å²) < 4.78 is 16.0. The molecule has 4 aromatic rings. The molecule has 148 valence electrons. The number of hydrogen-bond donors (Lipinski definition) is 2. The summed E-state index contributed by atoms with van der Waals surface area (Å²) in [7, 11) is 0. The molecule has 0 fully saturated rings. The van der Waals surface area contributed by atoms with E-state index >= 15 is 0 Å². The fourth-order valence-corrected chi connectivity index (χ4v) is 3.16. The molecule has 0 saturated carbocycles. The highest BCUT2D eigenvalue weighted by Gasteiger charge is 2.14. The highest BCUT2D eigenvalue weighted by atomic mass is 19.1. The minimum atomic E-state index is -0.546. The number of aliphatic hydroxyl groups excluding tert-OH is 1. The van der Waals surface area contributed by atoms with Crippen LogP contribution in [0.25, 0.3) is 22.4 Å². The third-order valence-electron chi connectivity index (χ3n) is 4.57. The summed E-state index contributed by atoms with van der Waals surface area (Å²) in [6.45, 7) is 5.79. The number of nitrogens with one attached hydrogen (secondary N) is 1. The summed E-state index contributed by atoms with van der Waals surface area (Å²) >= 11 is 0. The van der Waals surface area contributed by atoms with E-state index in [0.29, 0.717) is 17.8 Å². The van der Waals surface area contributed by atoms with Crippen molar-refractivity contribution in [3.63, 3.8) is 0 Å². The average molecular weight is 392 g/mol. The Morgan fingerprint density at radius 2 is 1.97 bits per heavy atom. The number of aryl methyl sites for hydroxylation is 2. The Hall–Kier alpha value is -3.39. The van der Waals surface area contributed by atoms with Crippen LogP contribution in [0.1, 0.15) is 18.2 Å². The summed E-state index contributed by atoms with van der Waals surface area (Å²) in [5.74, 6) is -0.417. The summed E-state index contributed by atoms with van der Waals surface area (Å²) in [5.41, 5.74) is 5.33. The summed E-state index contributed by atoms with van der Waals surface area (Å²) in [5, 5.41) is 17.5. The zero-order chi connectivity index (χ0) is 20.5. The fourth-order valence-electron chi connectivity index (χ4n) is 3.16. The summed E-state index contributed by atoms with van der Waals surface area (Å²) in [4.78, 5) is 13.0. The van der Waals surface area contributed by atoms with Crippen LogP contribution in [0, 0.1) is 19.7 Å². The number of hydrogen-bond acceptors (Lipinski definition) is 6. The van der Waals surface area contributed by atoms with Gasteiger partial charge in [0.1, 0.15) is 16.7 Å². The molecule has 4 aromatic heterocycles. The van der Waals surface area contributed by atoms with Gasteiger partial charge in [-0.3, -0.25) is 14.6 Å². The van der Waals surface area contributed by atoms with Crippen LogP contribution in [0.15, 0.2) is 42.9 Å². The van der Waals surface area contributed by atoms with Crippen LogP contribution in [0.4, 0.5) is 15.8 Å². The molecule has 0 spiro atoms. The van der Waals surface area contributed by atoms with Gasteiger partial charge in [-0.2, -0.15) is 5.10 Å². The Morgan fingerprint density at radius 3 is 2.76 bits per heavy atom. The Bertz CT molecular complexity index is 1190. The topological polar surface area (TPSA) is 88.8 Å². The molecule has 0 amide bonds. The molecule has 0 aliphatic rings. The number of rotatable bonds is 5. The molecular weight excluding hydrogens is 371 g/mol. The van der Waals surface area contributed by atoms with Crippen molar-refractivity contribution in [3.05, 3.63) is 59.9 Å². The number of anilines is 2. The Labute approximate surface area is 167 Å². The Balaban J connectivity index is 1.77. The second-order valence-electron chi connectivity index (χ2n) is 7.06. The van der Waals surface area contributed by atoms with Crippen LogP contribution in [-0.4, -0.2) is 35.9 Å². The van der Waals surface area contributed by atoms with Crippen molar-refractivity contribution >= 4 is 22.4 Å². The van der Waals surface area contributed by atoms with Crippen LogP contribution < -0.4 is 5.32 Å². The van der Waals surface area contributed by atoms with Gasteiger partial charge in [0.2, 0.25) is 0 Å². The molecule has 8 heteroatoms. The van der Waals surface area contributed by atoms with Crippen LogP contribution in [-0.2, 0) is 6.54 Å². The van der Waals surface area contributed by atoms with E-state index in [1.165, 1.54) is 6.07 Å². The predicted octanol–water partition coefficient (Wildman–Crippen LogP) is 3.77. The lowest BCUT2D eigenvalue weighted by Crippen LogP contribution is -2.13. The third-order valence-corrected chi connectivity index (χ3v) is 4.57. The van der Waals surface area contributed by atoms with Crippen molar-refractivity contribution in [2.75, 3.05) is 5.32 Å². The SMILES string of the molecule is Cc1ccc(F)c(-c2cc(Nc3ccnc4cnn(C[C@@H](C)O)c34)c(C)cn2)n1. The van der Waals surface area contributed by atoms with Crippen LogP contribution in [0.5, 0.6) is 0 Å². The van der Waals surface area contributed by atoms with Crippen molar-refractivity contribution in [2.45, 2.75) is 33.4 Å². The van der Waals surface area contributed by atoms with Gasteiger partial charge in [0.25, 0.3) is 0 Å². The van der Waals surface area contributed by atoms with E-state index in [2.05, 4.69) is 25.4 Å². The second-order valence-corrected chi connectivity index (χ2v) is 7.06. The lowest BCUT2D eigenvalue weighted by Gasteiger charge is -2.14. The lowest BCUT2D eigenvalue weighted by atomic mass is 10.1. The van der Waals surface area contributed by atoms with Crippen molar-refractivity contribution in [1.82, 2.24) is 24.7 Å². The largest absolute Gasteiger partial charge is 0.391 e. The van der Waals surface area contributed by atoms with Gasteiger partial charge in [-0.15, -0.1) is 0 Å². The highest BCUT2D eigenvalue weighted by Crippen LogP contribution is 2.29. The number of pyridine rings is 3. The minimum Gasteiger partial charge on any atom is -0.391 e. The molecule has 1 atom stereocenters. The number of halogens is 1. The highest BCUT2D eigenvalue weighted by molar-refractivity contribution is 5.90. The smallest absolute Gasteiger partial charge is 0.151 e. The number of aromatic nitrogens is 5. The van der Waals surface area contributed by atoms with Crippen molar-refractivity contribution < 1.29 is 9.50 Å². The van der Waals surface area contributed by atoms with E-state index < -0.39 is 11.9 Å². The van der Waals surface area contributed by atoms with E-state index in [1.54, 1.807) is 42.3 Å². The van der Waals surface area contributed by atoms with Gasteiger partial charge in [0, 0.05) is 23.8 Å². The molecule has 4 rings (SSSR count). The van der Waals surface area contributed by atoms with Crippen molar-refractivity contribution in [3.8, 4) is 11.4 Å². The first-order valence-electron chi connectivity index (χ1n) is 9.28. The average Bonchev–Trinajstić information content (AvgIpc) is 3.09. The second kappa shape index (κ2) is 7.56. The minimum absolute atomic E-state index is 0.215. The molecule has 29 heavy (non-hydrogen) atoms. The van der Waals surface area contributed by atoms with Gasteiger partial charge in [-0.05, 0) is 50.6 Å². The molecule has 0 aliphatic heterocycles. The van der Waals surface area contributed by atoms with E-state index in [0.717, 1.165) is 28.1 Å². The fraction of sp³-hybridized carbons (Fsp3) is 0.238. The van der Waals surface area contributed by atoms with Gasteiger partial charge in [-0.25, -0.2) is 9.37 Å². The molecule has 4 heterocycles. The molecule has 0 saturated heterocycles. The Kier molecular flexibility index (Phi) is 4.94. The third kappa shape index (κ3) is 3.79. The molecule has 0 bridgehead atoms. The summed E-state index contributed by atoms with van der Waals surface area (Å²) in [6, 6.07) is 6.64. The monoisotopic (exact) mass is 392 g/mol. The molecule has 7 nitrogen and oxygen atoms in total. The molecule has 0 radical (unpaired) electrons. The predicted molar refractivity (Wildman–Crippen MR) is 109 cm³/mol. The number of fused-ring (bicyclic) bond motifs is 1. The molecule has 0 aromatic carbocycles.